The van der Waals surface area contributed by atoms with E-state index in [4.69, 9.17) is 0 Å². The van der Waals surface area contributed by atoms with Crippen molar-refractivity contribution in [3.05, 3.63) is 16.6 Å². The van der Waals surface area contributed by atoms with Crippen LogP contribution in [0.2, 0.25) is 0 Å². The Morgan fingerprint density at radius 1 is 1.46 bits per heavy atom. The highest BCUT2D eigenvalue weighted by molar-refractivity contribution is 7.07. The molecule has 1 aliphatic carbocycles. The second-order valence-electron chi connectivity index (χ2n) is 3.70. The standard InChI is InChI=1S/C10H16N2S/c1-11-9-5-3-2-4-8(9)10-6-13-7-12-10/h6-9,11H,2-5H2,1H3. The van der Waals surface area contributed by atoms with Crippen LogP contribution in [0.5, 0.6) is 0 Å². The molecular formula is C10H16N2S. The van der Waals surface area contributed by atoms with Crippen molar-refractivity contribution in [1.82, 2.24) is 10.3 Å². The molecule has 2 atom stereocenters. The van der Waals surface area contributed by atoms with Gasteiger partial charge in [0.15, 0.2) is 0 Å². The van der Waals surface area contributed by atoms with Crippen LogP contribution in [-0.2, 0) is 0 Å². The molecule has 0 aliphatic heterocycles. The van der Waals surface area contributed by atoms with Crippen LogP contribution < -0.4 is 5.32 Å². The lowest BCUT2D eigenvalue weighted by atomic mass is 9.83. The fourth-order valence-electron chi connectivity index (χ4n) is 2.24. The predicted molar refractivity (Wildman–Crippen MR) is 56.2 cm³/mol. The van der Waals surface area contributed by atoms with Gasteiger partial charge in [-0.25, -0.2) is 4.98 Å². The quantitative estimate of drug-likeness (QED) is 0.785. The normalized spacial score (nSPS) is 29.0. The number of thiazole rings is 1. The molecule has 1 aromatic heterocycles. The molecule has 0 aromatic carbocycles. The minimum absolute atomic E-state index is 0.649. The molecule has 1 saturated carbocycles. The highest BCUT2D eigenvalue weighted by atomic mass is 32.1. The lowest BCUT2D eigenvalue weighted by Gasteiger charge is -2.30. The number of nitrogens with zero attached hydrogens (tertiary/aromatic N) is 1. The van der Waals surface area contributed by atoms with Gasteiger partial charge in [0.05, 0.1) is 11.2 Å². The van der Waals surface area contributed by atoms with Gasteiger partial charge in [0.1, 0.15) is 0 Å². The van der Waals surface area contributed by atoms with E-state index < -0.39 is 0 Å². The van der Waals surface area contributed by atoms with Gasteiger partial charge in [-0.15, -0.1) is 11.3 Å². The van der Waals surface area contributed by atoms with Crippen molar-refractivity contribution in [2.75, 3.05) is 7.05 Å². The van der Waals surface area contributed by atoms with Gasteiger partial charge in [0.2, 0.25) is 0 Å². The average molecular weight is 196 g/mol. The Bertz CT molecular complexity index is 245. The highest BCUT2D eigenvalue weighted by Gasteiger charge is 2.26. The van der Waals surface area contributed by atoms with Gasteiger partial charge >= 0.3 is 0 Å². The Hall–Kier alpha value is -0.410. The zero-order chi connectivity index (χ0) is 9.10. The van der Waals surface area contributed by atoms with Gasteiger partial charge in [-0.1, -0.05) is 12.8 Å². The Kier molecular flexibility index (Phi) is 2.96. The van der Waals surface area contributed by atoms with Crippen LogP contribution in [0, 0.1) is 0 Å². The van der Waals surface area contributed by atoms with Gasteiger partial charge in [-0.05, 0) is 19.9 Å². The molecule has 13 heavy (non-hydrogen) atoms. The molecule has 1 aliphatic rings. The number of nitrogens with one attached hydrogen (secondary N) is 1. The Morgan fingerprint density at radius 2 is 2.31 bits per heavy atom. The minimum atomic E-state index is 0.649. The third-order valence-corrected chi connectivity index (χ3v) is 3.57. The summed E-state index contributed by atoms with van der Waals surface area (Å²) in [4.78, 5) is 4.42. The number of likely N-dealkylation sites (N-methyl/N-ethyl adjacent to an activating group) is 1. The first-order valence-corrected chi connectivity index (χ1v) is 5.91. The first-order valence-electron chi connectivity index (χ1n) is 4.97. The van der Waals surface area contributed by atoms with Crippen molar-refractivity contribution in [2.45, 2.75) is 37.6 Å². The maximum absolute atomic E-state index is 4.42. The summed E-state index contributed by atoms with van der Waals surface area (Å²) in [6.45, 7) is 0. The minimum Gasteiger partial charge on any atom is -0.316 e. The first-order chi connectivity index (χ1) is 6.42. The molecule has 3 heteroatoms. The molecule has 1 fully saturated rings. The van der Waals surface area contributed by atoms with E-state index in [0.29, 0.717) is 12.0 Å². The van der Waals surface area contributed by atoms with Crippen LogP contribution in [0.3, 0.4) is 0 Å². The Morgan fingerprint density at radius 3 is 3.00 bits per heavy atom. The molecule has 0 spiro atoms. The molecule has 0 radical (unpaired) electrons. The molecule has 1 aromatic rings. The van der Waals surface area contributed by atoms with Gasteiger partial charge < -0.3 is 5.32 Å². The summed E-state index contributed by atoms with van der Waals surface area (Å²) in [5, 5.41) is 5.60. The van der Waals surface area contributed by atoms with Crippen LogP contribution >= 0.6 is 11.3 Å². The van der Waals surface area contributed by atoms with Crippen LogP contribution in [0.1, 0.15) is 37.3 Å². The zero-order valence-corrected chi connectivity index (χ0v) is 8.81. The molecule has 2 nitrogen and oxygen atoms in total. The van der Waals surface area contributed by atoms with Crippen LogP contribution in [0.4, 0.5) is 0 Å². The Labute approximate surface area is 83.4 Å². The number of hydrogen-bond donors (Lipinski definition) is 1. The van der Waals surface area contributed by atoms with Crippen molar-refractivity contribution in [1.29, 1.82) is 0 Å². The van der Waals surface area contributed by atoms with E-state index in [1.165, 1.54) is 31.4 Å². The largest absolute Gasteiger partial charge is 0.316 e. The summed E-state index contributed by atoms with van der Waals surface area (Å²) in [5.41, 5.74) is 3.24. The fraction of sp³-hybridized carbons (Fsp3) is 0.700. The lowest BCUT2D eigenvalue weighted by molar-refractivity contribution is 0.340. The van der Waals surface area contributed by atoms with E-state index in [1.54, 1.807) is 11.3 Å². The van der Waals surface area contributed by atoms with Crippen molar-refractivity contribution in [3.8, 4) is 0 Å². The molecule has 1 heterocycles. The molecular weight excluding hydrogens is 180 g/mol. The van der Waals surface area contributed by atoms with Crippen molar-refractivity contribution in [3.63, 3.8) is 0 Å². The number of hydrogen-bond acceptors (Lipinski definition) is 3. The van der Waals surface area contributed by atoms with Crippen LogP contribution in [0.25, 0.3) is 0 Å². The fourth-order valence-corrected chi connectivity index (χ4v) is 2.85. The third kappa shape index (κ3) is 1.92. The monoisotopic (exact) mass is 196 g/mol. The van der Waals surface area contributed by atoms with Gasteiger partial charge in [0, 0.05) is 17.3 Å². The van der Waals surface area contributed by atoms with E-state index in [9.17, 15) is 0 Å². The van der Waals surface area contributed by atoms with E-state index in [1.807, 2.05) is 5.51 Å². The zero-order valence-electron chi connectivity index (χ0n) is 7.99. The van der Waals surface area contributed by atoms with Crippen molar-refractivity contribution in [2.24, 2.45) is 0 Å². The van der Waals surface area contributed by atoms with Crippen molar-refractivity contribution < 1.29 is 0 Å². The van der Waals surface area contributed by atoms with E-state index in [0.717, 1.165) is 0 Å². The first kappa shape index (κ1) is 9.16. The highest BCUT2D eigenvalue weighted by Crippen LogP contribution is 2.32. The summed E-state index contributed by atoms with van der Waals surface area (Å²) in [7, 11) is 2.06. The van der Waals surface area contributed by atoms with E-state index >= 15 is 0 Å². The van der Waals surface area contributed by atoms with Crippen molar-refractivity contribution >= 4 is 11.3 Å². The predicted octanol–water partition coefficient (Wildman–Crippen LogP) is 2.39. The van der Waals surface area contributed by atoms with E-state index in [-0.39, 0.29) is 0 Å². The summed E-state index contributed by atoms with van der Waals surface area (Å²) in [6.07, 6.45) is 5.33. The molecule has 0 bridgehead atoms. The van der Waals surface area contributed by atoms with Crippen LogP contribution in [-0.4, -0.2) is 18.1 Å². The van der Waals surface area contributed by atoms with Crippen LogP contribution in [0.15, 0.2) is 10.9 Å². The summed E-state index contributed by atoms with van der Waals surface area (Å²) in [6, 6.07) is 0.649. The molecule has 1 N–H and O–H groups in total. The summed E-state index contributed by atoms with van der Waals surface area (Å²) < 4.78 is 0. The van der Waals surface area contributed by atoms with Gasteiger partial charge in [-0.3, -0.25) is 0 Å². The second-order valence-corrected chi connectivity index (χ2v) is 4.42. The topological polar surface area (TPSA) is 24.9 Å². The van der Waals surface area contributed by atoms with Gasteiger partial charge in [-0.2, -0.15) is 0 Å². The third-order valence-electron chi connectivity index (χ3n) is 2.97. The average Bonchev–Trinajstić information content (AvgIpc) is 2.70. The maximum atomic E-state index is 4.42. The summed E-state index contributed by atoms with van der Waals surface area (Å²) in [5.74, 6) is 0.657. The number of rotatable bonds is 2. The second kappa shape index (κ2) is 4.20. The molecule has 2 unspecified atom stereocenters. The van der Waals surface area contributed by atoms with Gasteiger partial charge in [0.25, 0.3) is 0 Å². The smallest absolute Gasteiger partial charge is 0.0794 e. The maximum Gasteiger partial charge on any atom is 0.0794 e. The Balaban J connectivity index is 2.11. The SMILES string of the molecule is CNC1CCCCC1c1cscn1. The van der Waals surface area contributed by atoms with E-state index in [2.05, 4.69) is 22.7 Å². The molecule has 0 amide bonds. The lowest BCUT2D eigenvalue weighted by Crippen LogP contribution is -2.34. The summed E-state index contributed by atoms with van der Waals surface area (Å²) >= 11 is 1.71. The molecule has 2 rings (SSSR count). The number of aromatic nitrogens is 1. The molecule has 0 saturated heterocycles. The molecule has 72 valence electrons.